The molecule has 1 aliphatic rings. The third-order valence-corrected chi connectivity index (χ3v) is 4.77. The van der Waals surface area contributed by atoms with Gasteiger partial charge in [0.05, 0.1) is 17.1 Å². The average Bonchev–Trinajstić information content (AvgIpc) is 2.81. The summed E-state index contributed by atoms with van der Waals surface area (Å²) in [6, 6.07) is 6.61. The van der Waals surface area contributed by atoms with E-state index in [1.54, 1.807) is 12.1 Å². The minimum atomic E-state index is -3.19. The average molecular weight is 299 g/mol. The minimum Gasteiger partial charge on any atom is -0.387 e. The molecular weight excluding hydrogens is 278 g/mol. The molecule has 0 spiro atoms. The van der Waals surface area contributed by atoms with Crippen molar-refractivity contribution in [2.45, 2.75) is 36.5 Å². The van der Waals surface area contributed by atoms with Crippen molar-refractivity contribution in [1.82, 2.24) is 5.32 Å². The van der Waals surface area contributed by atoms with Gasteiger partial charge in [0.15, 0.2) is 9.84 Å². The van der Waals surface area contributed by atoms with Gasteiger partial charge in [-0.2, -0.15) is 0 Å². The van der Waals surface area contributed by atoms with Crippen LogP contribution in [0, 0.1) is 0 Å². The molecular formula is C14H21NO4S. The third kappa shape index (κ3) is 3.79. The van der Waals surface area contributed by atoms with Crippen LogP contribution < -0.4 is 5.32 Å². The van der Waals surface area contributed by atoms with Crippen LogP contribution in [0.5, 0.6) is 0 Å². The third-order valence-electron chi connectivity index (χ3n) is 3.64. The number of nitrogens with one attached hydrogen (secondary N) is 1. The van der Waals surface area contributed by atoms with Crippen molar-refractivity contribution in [2.24, 2.45) is 0 Å². The van der Waals surface area contributed by atoms with Gasteiger partial charge in [0.25, 0.3) is 0 Å². The molecule has 2 rings (SSSR count). The van der Waals surface area contributed by atoms with E-state index in [0.717, 1.165) is 13.0 Å². The van der Waals surface area contributed by atoms with Crippen molar-refractivity contribution in [1.29, 1.82) is 0 Å². The second kappa shape index (κ2) is 6.22. The molecule has 0 radical (unpaired) electrons. The summed E-state index contributed by atoms with van der Waals surface area (Å²) >= 11 is 0. The SMILES string of the molecule is CC1OCCC1NCC(O)c1ccc(S(C)(=O)=O)cc1. The molecule has 5 nitrogen and oxygen atoms in total. The van der Waals surface area contributed by atoms with Crippen LogP contribution in [0.2, 0.25) is 0 Å². The molecule has 20 heavy (non-hydrogen) atoms. The fourth-order valence-corrected chi connectivity index (χ4v) is 2.95. The minimum absolute atomic E-state index is 0.162. The van der Waals surface area contributed by atoms with Crippen LogP contribution >= 0.6 is 0 Å². The molecule has 1 aromatic rings. The van der Waals surface area contributed by atoms with E-state index in [4.69, 9.17) is 4.74 Å². The highest BCUT2D eigenvalue weighted by molar-refractivity contribution is 7.90. The lowest BCUT2D eigenvalue weighted by Gasteiger charge is -2.19. The van der Waals surface area contributed by atoms with Crippen LogP contribution in [0.25, 0.3) is 0 Å². The van der Waals surface area contributed by atoms with Crippen LogP contribution in [0.1, 0.15) is 25.0 Å². The summed E-state index contributed by atoms with van der Waals surface area (Å²) in [6.07, 6.45) is 1.62. The van der Waals surface area contributed by atoms with E-state index in [2.05, 4.69) is 5.32 Å². The number of hydrogen-bond donors (Lipinski definition) is 2. The number of benzene rings is 1. The van der Waals surface area contributed by atoms with Gasteiger partial charge in [-0.25, -0.2) is 8.42 Å². The van der Waals surface area contributed by atoms with Gasteiger partial charge in [0.1, 0.15) is 0 Å². The maximum absolute atomic E-state index is 11.4. The van der Waals surface area contributed by atoms with Crippen LogP contribution in [-0.4, -0.2) is 45.1 Å². The van der Waals surface area contributed by atoms with E-state index in [9.17, 15) is 13.5 Å². The summed E-state index contributed by atoms with van der Waals surface area (Å²) in [6.45, 7) is 3.19. The predicted octanol–water partition coefficient (Wildman–Crippen LogP) is 0.891. The topological polar surface area (TPSA) is 75.6 Å². The number of aliphatic hydroxyl groups is 1. The van der Waals surface area contributed by atoms with Crippen molar-refractivity contribution in [3.8, 4) is 0 Å². The van der Waals surface area contributed by atoms with Crippen LogP contribution in [0.4, 0.5) is 0 Å². The lowest BCUT2D eigenvalue weighted by molar-refractivity contribution is 0.107. The van der Waals surface area contributed by atoms with Crippen molar-refractivity contribution in [2.75, 3.05) is 19.4 Å². The lowest BCUT2D eigenvalue weighted by Crippen LogP contribution is -2.37. The molecule has 1 aromatic carbocycles. The van der Waals surface area contributed by atoms with Gasteiger partial charge in [-0.1, -0.05) is 12.1 Å². The molecule has 1 saturated heterocycles. The summed E-state index contributed by atoms with van der Waals surface area (Å²) in [5.41, 5.74) is 0.705. The van der Waals surface area contributed by atoms with Gasteiger partial charge in [0, 0.05) is 25.4 Å². The summed E-state index contributed by atoms with van der Waals surface area (Å²) in [4.78, 5) is 0.263. The van der Waals surface area contributed by atoms with Gasteiger partial charge in [-0.3, -0.25) is 0 Å². The highest BCUT2D eigenvalue weighted by atomic mass is 32.2. The van der Waals surface area contributed by atoms with Gasteiger partial charge in [0.2, 0.25) is 0 Å². The summed E-state index contributed by atoms with van der Waals surface area (Å²) in [5.74, 6) is 0. The van der Waals surface area contributed by atoms with Crippen molar-refractivity contribution in [3.63, 3.8) is 0 Å². The largest absolute Gasteiger partial charge is 0.387 e. The molecule has 1 fully saturated rings. The zero-order chi connectivity index (χ0) is 14.8. The smallest absolute Gasteiger partial charge is 0.175 e. The first kappa shape index (κ1) is 15.4. The highest BCUT2D eigenvalue weighted by Gasteiger charge is 2.24. The van der Waals surface area contributed by atoms with Crippen LogP contribution in [0.15, 0.2) is 29.2 Å². The molecule has 1 heterocycles. The first-order chi connectivity index (χ1) is 9.38. The molecule has 0 amide bonds. The Bertz CT molecular complexity index is 541. The molecule has 1 aliphatic heterocycles. The van der Waals surface area contributed by atoms with Gasteiger partial charge in [-0.15, -0.1) is 0 Å². The van der Waals surface area contributed by atoms with Gasteiger partial charge in [-0.05, 0) is 31.0 Å². The fourth-order valence-electron chi connectivity index (χ4n) is 2.32. The lowest BCUT2D eigenvalue weighted by atomic mass is 10.1. The van der Waals surface area contributed by atoms with E-state index in [0.29, 0.717) is 12.1 Å². The van der Waals surface area contributed by atoms with E-state index in [-0.39, 0.29) is 17.0 Å². The number of rotatable bonds is 5. The summed E-state index contributed by atoms with van der Waals surface area (Å²) in [5, 5.41) is 13.4. The van der Waals surface area contributed by atoms with Crippen molar-refractivity contribution >= 4 is 9.84 Å². The Labute approximate surface area is 119 Å². The summed E-state index contributed by atoms with van der Waals surface area (Å²) in [7, 11) is -3.19. The van der Waals surface area contributed by atoms with E-state index < -0.39 is 15.9 Å². The first-order valence-corrected chi connectivity index (χ1v) is 8.60. The zero-order valence-corrected chi connectivity index (χ0v) is 12.6. The Morgan fingerprint density at radius 2 is 2.05 bits per heavy atom. The van der Waals surface area contributed by atoms with E-state index in [1.165, 1.54) is 18.4 Å². The summed E-state index contributed by atoms with van der Waals surface area (Å²) < 4.78 is 28.2. The molecule has 0 aromatic heterocycles. The Morgan fingerprint density at radius 1 is 1.40 bits per heavy atom. The van der Waals surface area contributed by atoms with Gasteiger partial charge >= 0.3 is 0 Å². The second-order valence-electron chi connectivity index (χ2n) is 5.24. The zero-order valence-electron chi connectivity index (χ0n) is 11.7. The molecule has 2 N–H and O–H groups in total. The van der Waals surface area contributed by atoms with Crippen LogP contribution in [-0.2, 0) is 14.6 Å². The Morgan fingerprint density at radius 3 is 2.55 bits per heavy atom. The standard InChI is InChI=1S/C14H21NO4S/c1-10-13(7-8-19-10)15-9-14(16)11-3-5-12(6-4-11)20(2,17)18/h3-6,10,13-16H,7-9H2,1-2H3. The maximum atomic E-state index is 11.4. The molecule has 3 atom stereocenters. The Balaban J connectivity index is 1.94. The van der Waals surface area contributed by atoms with Gasteiger partial charge < -0.3 is 15.2 Å². The Kier molecular flexibility index (Phi) is 4.80. The van der Waals surface area contributed by atoms with Crippen molar-refractivity contribution < 1.29 is 18.3 Å². The highest BCUT2D eigenvalue weighted by Crippen LogP contribution is 2.18. The second-order valence-corrected chi connectivity index (χ2v) is 7.25. The molecule has 0 aliphatic carbocycles. The number of aliphatic hydroxyl groups excluding tert-OH is 1. The Hall–Kier alpha value is -0.950. The number of sulfone groups is 1. The fraction of sp³-hybridized carbons (Fsp3) is 0.571. The first-order valence-electron chi connectivity index (χ1n) is 6.71. The van der Waals surface area contributed by atoms with E-state index in [1.807, 2.05) is 6.92 Å². The predicted molar refractivity (Wildman–Crippen MR) is 76.3 cm³/mol. The molecule has 3 unspecified atom stereocenters. The van der Waals surface area contributed by atoms with Crippen molar-refractivity contribution in [3.05, 3.63) is 29.8 Å². The quantitative estimate of drug-likeness (QED) is 0.844. The molecule has 6 heteroatoms. The normalized spacial score (nSPS) is 24.8. The number of hydrogen-bond acceptors (Lipinski definition) is 5. The molecule has 0 saturated carbocycles. The maximum Gasteiger partial charge on any atom is 0.175 e. The molecule has 0 bridgehead atoms. The number of ether oxygens (including phenoxy) is 1. The molecule has 112 valence electrons. The van der Waals surface area contributed by atoms with E-state index >= 15 is 0 Å². The monoisotopic (exact) mass is 299 g/mol. The van der Waals surface area contributed by atoms with Crippen LogP contribution in [0.3, 0.4) is 0 Å².